The number of nitrogens with two attached hydrogens (primary N) is 1. The van der Waals surface area contributed by atoms with Crippen molar-refractivity contribution in [3.63, 3.8) is 0 Å². The van der Waals surface area contributed by atoms with Crippen molar-refractivity contribution in [3.8, 4) is 22.6 Å². The van der Waals surface area contributed by atoms with Gasteiger partial charge in [-0.15, -0.1) is 0 Å². The molecule has 2 heterocycles. The van der Waals surface area contributed by atoms with Gasteiger partial charge in [0.15, 0.2) is 0 Å². The van der Waals surface area contributed by atoms with E-state index >= 15 is 0 Å². The highest BCUT2D eigenvalue weighted by atomic mass is 14.8. The van der Waals surface area contributed by atoms with Gasteiger partial charge in [-0.05, 0) is 30.3 Å². The molecular formula is C16H13N3. The van der Waals surface area contributed by atoms with Gasteiger partial charge in [0.2, 0.25) is 0 Å². The van der Waals surface area contributed by atoms with Crippen molar-refractivity contribution in [2.75, 3.05) is 5.73 Å². The van der Waals surface area contributed by atoms with Gasteiger partial charge in [-0.25, -0.2) is 4.98 Å². The first kappa shape index (κ1) is 11.4. The molecule has 19 heavy (non-hydrogen) atoms. The van der Waals surface area contributed by atoms with Crippen LogP contribution in [0.1, 0.15) is 0 Å². The number of para-hydroxylation sites is 1. The van der Waals surface area contributed by atoms with Gasteiger partial charge >= 0.3 is 0 Å². The summed E-state index contributed by atoms with van der Waals surface area (Å²) in [5.74, 6) is 0. The summed E-state index contributed by atoms with van der Waals surface area (Å²) in [4.78, 5) is 8.94. The van der Waals surface area contributed by atoms with E-state index < -0.39 is 0 Å². The van der Waals surface area contributed by atoms with Crippen LogP contribution in [0.2, 0.25) is 0 Å². The molecular weight excluding hydrogens is 234 g/mol. The Hall–Kier alpha value is -2.68. The molecule has 3 rings (SSSR count). The molecule has 2 N–H and O–H groups in total. The van der Waals surface area contributed by atoms with Gasteiger partial charge in [0, 0.05) is 17.4 Å². The maximum atomic E-state index is 5.99. The predicted octanol–water partition coefficient (Wildman–Crippen LogP) is 3.39. The van der Waals surface area contributed by atoms with E-state index in [-0.39, 0.29) is 0 Å². The Morgan fingerprint density at radius 3 is 2.21 bits per heavy atom. The minimum atomic E-state index is 0.730. The fourth-order valence-corrected chi connectivity index (χ4v) is 1.97. The molecule has 0 spiro atoms. The van der Waals surface area contributed by atoms with Crippen molar-refractivity contribution in [1.82, 2.24) is 9.97 Å². The van der Waals surface area contributed by atoms with Gasteiger partial charge in [0.1, 0.15) is 0 Å². The topological polar surface area (TPSA) is 51.8 Å². The van der Waals surface area contributed by atoms with Gasteiger partial charge in [0.25, 0.3) is 0 Å². The Balaban J connectivity index is 2.09. The fraction of sp³-hybridized carbons (Fsp3) is 0. The van der Waals surface area contributed by atoms with Crippen molar-refractivity contribution >= 4 is 5.69 Å². The molecule has 0 amide bonds. The monoisotopic (exact) mass is 247 g/mol. The lowest BCUT2D eigenvalue weighted by atomic mass is 10.1. The Morgan fingerprint density at radius 2 is 1.42 bits per heavy atom. The van der Waals surface area contributed by atoms with E-state index in [2.05, 4.69) is 9.97 Å². The molecule has 2 aromatic heterocycles. The fourth-order valence-electron chi connectivity index (χ4n) is 1.97. The molecule has 0 aliphatic carbocycles. The SMILES string of the molecule is Nc1ccccc1-c1cccc(-c2ccccn2)n1. The number of aromatic nitrogens is 2. The summed E-state index contributed by atoms with van der Waals surface area (Å²) in [6.07, 6.45) is 1.76. The standard InChI is InChI=1S/C16H13N3/c17-13-7-2-1-6-12(13)14-9-5-10-16(19-14)15-8-3-4-11-18-15/h1-11H,17H2. The number of pyridine rings is 2. The quantitative estimate of drug-likeness (QED) is 0.706. The summed E-state index contributed by atoms with van der Waals surface area (Å²) < 4.78 is 0. The molecule has 0 bridgehead atoms. The average molecular weight is 247 g/mol. The highest BCUT2D eigenvalue weighted by Crippen LogP contribution is 2.25. The van der Waals surface area contributed by atoms with Crippen LogP contribution in [-0.4, -0.2) is 9.97 Å². The maximum Gasteiger partial charge on any atom is 0.0893 e. The highest BCUT2D eigenvalue weighted by molar-refractivity contribution is 5.74. The van der Waals surface area contributed by atoms with Gasteiger partial charge in [0.05, 0.1) is 17.1 Å². The third-order valence-corrected chi connectivity index (χ3v) is 2.91. The largest absolute Gasteiger partial charge is 0.398 e. The molecule has 3 heteroatoms. The third-order valence-electron chi connectivity index (χ3n) is 2.91. The summed E-state index contributed by atoms with van der Waals surface area (Å²) >= 11 is 0. The second-order valence-electron chi connectivity index (χ2n) is 4.21. The Labute approximate surface area is 111 Å². The number of hydrogen-bond donors (Lipinski definition) is 1. The van der Waals surface area contributed by atoms with Crippen LogP contribution in [0.4, 0.5) is 5.69 Å². The summed E-state index contributed by atoms with van der Waals surface area (Å²) in [7, 11) is 0. The van der Waals surface area contributed by atoms with Crippen molar-refractivity contribution in [3.05, 3.63) is 66.9 Å². The smallest absolute Gasteiger partial charge is 0.0893 e. The lowest BCUT2D eigenvalue weighted by Gasteiger charge is -2.06. The van der Waals surface area contributed by atoms with Gasteiger partial charge in [-0.1, -0.05) is 30.3 Å². The molecule has 0 fully saturated rings. The Kier molecular flexibility index (Phi) is 2.94. The normalized spacial score (nSPS) is 10.3. The van der Waals surface area contributed by atoms with Crippen molar-refractivity contribution in [1.29, 1.82) is 0 Å². The summed E-state index contributed by atoms with van der Waals surface area (Å²) in [5.41, 5.74) is 10.2. The van der Waals surface area contributed by atoms with Crippen LogP contribution in [0.5, 0.6) is 0 Å². The molecule has 0 unspecified atom stereocenters. The first-order valence-electron chi connectivity index (χ1n) is 6.08. The average Bonchev–Trinajstić information content (AvgIpc) is 2.49. The Bertz CT molecular complexity index is 693. The molecule has 0 radical (unpaired) electrons. The summed E-state index contributed by atoms with van der Waals surface area (Å²) in [6.45, 7) is 0. The van der Waals surface area contributed by atoms with Gasteiger partial charge < -0.3 is 5.73 Å². The zero-order valence-corrected chi connectivity index (χ0v) is 10.3. The van der Waals surface area contributed by atoms with Crippen LogP contribution in [-0.2, 0) is 0 Å². The maximum absolute atomic E-state index is 5.99. The summed E-state index contributed by atoms with van der Waals surface area (Å²) in [5, 5.41) is 0. The van der Waals surface area contributed by atoms with E-state index in [0.717, 1.165) is 28.3 Å². The molecule has 92 valence electrons. The first-order valence-corrected chi connectivity index (χ1v) is 6.08. The second-order valence-corrected chi connectivity index (χ2v) is 4.21. The van der Waals surface area contributed by atoms with Crippen molar-refractivity contribution in [2.45, 2.75) is 0 Å². The highest BCUT2D eigenvalue weighted by Gasteiger charge is 2.05. The van der Waals surface area contributed by atoms with E-state index in [4.69, 9.17) is 5.73 Å². The van der Waals surface area contributed by atoms with E-state index in [1.165, 1.54) is 0 Å². The van der Waals surface area contributed by atoms with Crippen molar-refractivity contribution < 1.29 is 0 Å². The molecule has 0 saturated carbocycles. The van der Waals surface area contributed by atoms with Crippen LogP contribution in [0, 0.1) is 0 Å². The van der Waals surface area contributed by atoms with Crippen LogP contribution in [0.25, 0.3) is 22.6 Å². The van der Waals surface area contributed by atoms with Crippen molar-refractivity contribution in [2.24, 2.45) is 0 Å². The van der Waals surface area contributed by atoms with E-state index in [9.17, 15) is 0 Å². The van der Waals surface area contributed by atoms with E-state index in [1.807, 2.05) is 60.7 Å². The lowest BCUT2D eigenvalue weighted by Crippen LogP contribution is -1.93. The summed E-state index contributed by atoms with van der Waals surface area (Å²) in [6, 6.07) is 19.4. The molecule has 0 aliphatic heterocycles. The first-order chi connectivity index (χ1) is 9.34. The zero-order valence-electron chi connectivity index (χ0n) is 10.3. The molecule has 0 saturated heterocycles. The second kappa shape index (κ2) is 4.90. The third kappa shape index (κ3) is 2.31. The molecule has 0 atom stereocenters. The predicted molar refractivity (Wildman–Crippen MR) is 77.3 cm³/mol. The minimum Gasteiger partial charge on any atom is -0.398 e. The number of anilines is 1. The molecule has 3 nitrogen and oxygen atoms in total. The molecule has 1 aromatic carbocycles. The molecule has 3 aromatic rings. The van der Waals surface area contributed by atoms with E-state index in [1.54, 1.807) is 6.20 Å². The number of benzene rings is 1. The van der Waals surface area contributed by atoms with Crippen LogP contribution >= 0.6 is 0 Å². The van der Waals surface area contributed by atoms with Crippen LogP contribution in [0.3, 0.4) is 0 Å². The van der Waals surface area contributed by atoms with Crippen LogP contribution in [0.15, 0.2) is 66.9 Å². The lowest BCUT2D eigenvalue weighted by molar-refractivity contribution is 1.25. The molecule has 0 aliphatic rings. The zero-order chi connectivity index (χ0) is 13.1. The number of hydrogen-bond acceptors (Lipinski definition) is 3. The van der Waals surface area contributed by atoms with Crippen LogP contribution < -0.4 is 5.73 Å². The number of rotatable bonds is 2. The number of nitrogen functional groups attached to an aromatic ring is 1. The van der Waals surface area contributed by atoms with E-state index in [0.29, 0.717) is 0 Å². The number of nitrogens with zero attached hydrogens (tertiary/aromatic N) is 2. The Morgan fingerprint density at radius 1 is 0.684 bits per heavy atom. The minimum absolute atomic E-state index is 0.730. The van der Waals surface area contributed by atoms with Gasteiger partial charge in [-0.3, -0.25) is 4.98 Å². The van der Waals surface area contributed by atoms with Gasteiger partial charge in [-0.2, -0.15) is 0 Å².